The summed E-state index contributed by atoms with van der Waals surface area (Å²) < 4.78 is 0. The minimum Gasteiger partial charge on any atom is -0.480 e. The first-order valence-electron chi connectivity index (χ1n) is 2.66. The number of rotatable bonds is 3. The first kappa shape index (κ1) is 6.07. The lowest BCUT2D eigenvalue weighted by atomic mass is 10.3. The first-order chi connectivity index (χ1) is 4.21. The van der Waals surface area contributed by atoms with E-state index in [4.69, 9.17) is 5.11 Å². The van der Waals surface area contributed by atoms with Crippen LogP contribution in [0.5, 0.6) is 0 Å². The SMILES string of the molecule is O=CNC1(C(=O)O)CC1. The van der Waals surface area contributed by atoms with Crippen LogP contribution in [0.1, 0.15) is 12.8 Å². The molecule has 1 fully saturated rings. The molecule has 0 heterocycles. The van der Waals surface area contributed by atoms with Crippen molar-refractivity contribution < 1.29 is 14.7 Å². The highest BCUT2D eigenvalue weighted by Gasteiger charge is 2.50. The molecule has 0 unspecified atom stereocenters. The largest absolute Gasteiger partial charge is 0.480 e. The first-order valence-corrected chi connectivity index (χ1v) is 2.66. The molecule has 0 bridgehead atoms. The topological polar surface area (TPSA) is 66.4 Å². The van der Waals surface area contributed by atoms with E-state index in [2.05, 4.69) is 5.32 Å². The van der Waals surface area contributed by atoms with Gasteiger partial charge >= 0.3 is 5.97 Å². The molecule has 1 saturated carbocycles. The van der Waals surface area contributed by atoms with Gasteiger partial charge in [0.2, 0.25) is 6.41 Å². The highest BCUT2D eigenvalue weighted by molar-refractivity contribution is 5.84. The second-order valence-electron chi connectivity index (χ2n) is 2.15. The number of aliphatic carboxylic acids is 1. The maximum atomic E-state index is 10.3. The van der Waals surface area contributed by atoms with E-state index in [9.17, 15) is 9.59 Å². The molecule has 0 radical (unpaired) electrons. The molecule has 0 aromatic heterocycles. The number of carboxylic acid groups (broad SMARTS) is 1. The van der Waals surface area contributed by atoms with Crippen molar-refractivity contribution in [1.82, 2.24) is 5.32 Å². The predicted molar refractivity (Wildman–Crippen MR) is 28.8 cm³/mol. The van der Waals surface area contributed by atoms with Gasteiger partial charge in [-0.05, 0) is 12.8 Å². The van der Waals surface area contributed by atoms with Crippen LogP contribution >= 0.6 is 0 Å². The van der Waals surface area contributed by atoms with Crippen LogP contribution in [0.4, 0.5) is 0 Å². The van der Waals surface area contributed by atoms with Crippen LogP contribution in [-0.2, 0) is 9.59 Å². The molecule has 0 aromatic rings. The summed E-state index contributed by atoms with van der Waals surface area (Å²) >= 11 is 0. The van der Waals surface area contributed by atoms with Crippen molar-refractivity contribution in [3.8, 4) is 0 Å². The van der Waals surface area contributed by atoms with E-state index in [0.717, 1.165) is 0 Å². The zero-order valence-electron chi connectivity index (χ0n) is 4.76. The van der Waals surface area contributed by atoms with Crippen molar-refractivity contribution in [2.45, 2.75) is 18.4 Å². The molecule has 0 aliphatic heterocycles. The highest BCUT2D eigenvalue weighted by atomic mass is 16.4. The maximum Gasteiger partial charge on any atom is 0.329 e. The second kappa shape index (κ2) is 1.72. The molecule has 2 N–H and O–H groups in total. The van der Waals surface area contributed by atoms with Crippen LogP contribution in [0.2, 0.25) is 0 Å². The van der Waals surface area contributed by atoms with Crippen LogP contribution in [0, 0.1) is 0 Å². The maximum absolute atomic E-state index is 10.3. The monoisotopic (exact) mass is 129 g/mol. The molecule has 4 heteroatoms. The quantitative estimate of drug-likeness (QED) is 0.497. The number of hydrogen-bond acceptors (Lipinski definition) is 2. The average Bonchev–Trinajstić information content (AvgIpc) is 2.49. The van der Waals surface area contributed by atoms with Gasteiger partial charge in [0.25, 0.3) is 0 Å². The van der Waals surface area contributed by atoms with Crippen LogP contribution in [-0.4, -0.2) is 23.0 Å². The number of hydrogen-bond donors (Lipinski definition) is 2. The fraction of sp³-hybridized carbons (Fsp3) is 0.600. The Hall–Kier alpha value is -1.06. The normalized spacial score (nSPS) is 20.4. The Bertz CT molecular complexity index is 150. The Kier molecular flexibility index (Phi) is 1.16. The average molecular weight is 129 g/mol. The molecular formula is C5H7NO3. The van der Waals surface area contributed by atoms with Crippen molar-refractivity contribution in [1.29, 1.82) is 0 Å². The van der Waals surface area contributed by atoms with Gasteiger partial charge in [-0.15, -0.1) is 0 Å². The molecule has 1 aliphatic carbocycles. The second-order valence-corrected chi connectivity index (χ2v) is 2.15. The summed E-state index contributed by atoms with van der Waals surface area (Å²) in [6.07, 6.45) is 1.54. The van der Waals surface area contributed by atoms with Gasteiger partial charge in [-0.3, -0.25) is 4.79 Å². The Morgan fingerprint density at radius 1 is 1.67 bits per heavy atom. The van der Waals surface area contributed by atoms with Crippen molar-refractivity contribution in [2.75, 3.05) is 0 Å². The standard InChI is InChI=1S/C5H7NO3/c7-3-6-5(1-2-5)4(8)9/h3H,1-2H2,(H,6,7)(H,8,9). The molecule has 1 rings (SSSR count). The number of nitrogens with one attached hydrogen (secondary N) is 1. The Morgan fingerprint density at radius 2 is 2.22 bits per heavy atom. The van der Waals surface area contributed by atoms with Gasteiger partial charge in [0.1, 0.15) is 5.54 Å². The van der Waals surface area contributed by atoms with Crippen molar-refractivity contribution >= 4 is 12.4 Å². The van der Waals surface area contributed by atoms with E-state index < -0.39 is 11.5 Å². The van der Waals surface area contributed by atoms with Gasteiger partial charge in [-0.2, -0.15) is 0 Å². The minimum atomic E-state index is -0.936. The van der Waals surface area contributed by atoms with E-state index in [1.807, 2.05) is 0 Å². The molecule has 0 saturated heterocycles. The zero-order chi connectivity index (χ0) is 6.91. The van der Waals surface area contributed by atoms with E-state index in [0.29, 0.717) is 19.3 Å². The summed E-state index contributed by atoms with van der Waals surface area (Å²) in [6, 6.07) is 0. The summed E-state index contributed by atoms with van der Waals surface area (Å²) in [5.41, 5.74) is -0.901. The van der Waals surface area contributed by atoms with Crippen LogP contribution in [0.3, 0.4) is 0 Å². The molecule has 0 spiro atoms. The molecule has 0 aromatic carbocycles. The van der Waals surface area contributed by atoms with Crippen molar-refractivity contribution in [3.63, 3.8) is 0 Å². The molecular weight excluding hydrogens is 122 g/mol. The van der Waals surface area contributed by atoms with Crippen LogP contribution in [0.15, 0.2) is 0 Å². The third kappa shape index (κ3) is 0.872. The van der Waals surface area contributed by atoms with E-state index in [1.165, 1.54) is 0 Å². The Balaban J connectivity index is 2.52. The van der Waals surface area contributed by atoms with E-state index in [-0.39, 0.29) is 0 Å². The predicted octanol–water partition coefficient (Wildman–Crippen LogP) is -0.650. The summed E-state index contributed by atoms with van der Waals surface area (Å²) in [6.45, 7) is 0. The Labute approximate surface area is 51.9 Å². The summed E-state index contributed by atoms with van der Waals surface area (Å²) in [5, 5.41) is 10.7. The van der Waals surface area contributed by atoms with Gasteiger partial charge in [-0.25, -0.2) is 4.79 Å². The van der Waals surface area contributed by atoms with Gasteiger partial charge in [-0.1, -0.05) is 0 Å². The lowest BCUT2D eigenvalue weighted by Crippen LogP contribution is -2.37. The molecule has 50 valence electrons. The molecule has 4 nitrogen and oxygen atoms in total. The van der Waals surface area contributed by atoms with Crippen LogP contribution in [0.25, 0.3) is 0 Å². The van der Waals surface area contributed by atoms with E-state index >= 15 is 0 Å². The van der Waals surface area contributed by atoms with Crippen molar-refractivity contribution in [2.24, 2.45) is 0 Å². The fourth-order valence-corrected chi connectivity index (χ4v) is 0.658. The third-order valence-electron chi connectivity index (χ3n) is 1.49. The van der Waals surface area contributed by atoms with Crippen LogP contribution < -0.4 is 5.32 Å². The number of carbonyl (C=O) groups is 2. The number of carbonyl (C=O) groups excluding carboxylic acids is 1. The summed E-state index contributed by atoms with van der Waals surface area (Å²) in [7, 11) is 0. The number of carboxylic acids is 1. The lowest BCUT2D eigenvalue weighted by Gasteiger charge is -2.04. The van der Waals surface area contributed by atoms with Gasteiger partial charge in [0.05, 0.1) is 0 Å². The summed E-state index contributed by atoms with van der Waals surface area (Å²) in [4.78, 5) is 20.0. The third-order valence-corrected chi connectivity index (χ3v) is 1.49. The lowest BCUT2D eigenvalue weighted by molar-refractivity contribution is -0.141. The zero-order valence-corrected chi connectivity index (χ0v) is 4.76. The van der Waals surface area contributed by atoms with Crippen molar-refractivity contribution in [3.05, 3.63) is 0 Å². The van der Waals surface area contributed by atoms with E-state index in [1.54, 1.807) is 0 Å². The highest BCUT2D eigenvalue weighted by Crippen LogP contribution is 2.34. The molecule has 1 amide bonds. The molecule has 0 atom stereocenters. The molecule has 9 heavy (non-hydrogen) atoms. The fourth-order valence-electron chi connectivity index (χ4n) is 0.658. The Morgan fingerprint density at radius 3 is 2.33 bits per heavy atom. The van der Waals surface area contributed by atoms with Gasteiger partial charge in [0.15, 0.2) is 0 Å². The molecule has 1 aliphatic rings. The number of amides is 1. The minimum absolute atomic E-state index is 0.432. The summed E-state index contributed by atoms with van der Waals surface area (Å²) in [5.74, 6) is -0.936. The smallest absolute Gasteiger partial charge is 0.329 e. The van der Waals surface area contributed by atoms with Gasteiger partial charge in [0, 0.05) is 0 Å². The van der Waals surface area contributed by atoms with Gasteiger partial charge < -0.3 is 10.4 Å².